The van der Waals surface area contributed by atoms with Crippen LogP contribution in [0.2, 0.25) is 0 Å². The van der Waals surface area contributed by atoms with E-state index in [1.807, 2.05) is 4.90 Å². The minimum Gasteiger partial charge on any atom is -0.422 e. The predicted octanol–water partition coefficient (Wildman–Crippen LogP) is 1.02. The lowest BCUT2D eigenvalue weighted by molar-refractivity contribution is -0.0513. The van der Waals surface area contributed by atoms with Crippen molar-refractivity contribution in [1.29, 1.82) is 0 Å². The van der Waals surface area contributed by atoms with Crippen molar-refractivity contribution in [1.82, 2.24) is 10.2 Å². The Morgan fingerprint density at radius 1 is 1.17 bits per heavy atom. The molecule has 0 aromatic rings. The molecule has 0 aromatic heterocycles. The average Bonchev–Trinajstić information content (AvgIpc) is 2.88. The van der Waals surface area contributed by atoms with Crippen LogP contribution in [-0.4, -0.2) is 49.4 Å². The van der Waals surface area contributed by atoms with Crippen LogP contribution < -0.4 is 5.32 Å². The number of fused-ring (bicyclic) bond motifs is 1. The number of carbonyl (C=O) groups excluding carboxylic acids is 1. The Hall–Kier alpha value is -0.850. The van der Waals surface area contributed by atoms with Crippen molar-refractivity contribution in [2.45, 2.75) is 43.9 Å². The molecular formula is C12H20N2O4. The molecule has 0 unspecified atom stereocenters. The summed E-state index contributed by atoms with van der Waals surface area (Å²) in [4.78, 5) is 13.8. The van der Waals surface area contributed by atoms with Gasteiger partial charge in [-0.25, -0.2) is 9.69 Å². The average molecular weight is 256 g/mol. The van der Waals surface area contributed by atoms with Gasteiger partial charge in [-0.2, -0.15) is 0 Å². The highest BCUT2D eigenvalue weighted by Gasteiger charge is 2.50. The summed E-state index contributed by atoms with van der Waals surface area (Å²) in [6, 6.07) is 0.265. The second-order valence-electron chi connectivity index (χ2n) is 5.31. The van der Waals surface area contributed by atoms with Crippen LogP contribution in [0.4, 0.5) is 4.79 Å². The molecule has 1 aliphatic carbocycles. The van der Waals surface area contributed by atoms with Crippen LogP contribution in [0.1, 0.15) is 32.1 Å². The van der Waals surface area contributed by atoms with Crippen molar-refractivity contribution >= 4 is 6.09 Å². The van der Waals surface area contributed by atoms with E-state index in [-0.39, 0.29) is 12.1 Å². The number of alkyl carbamates (subject to hydrolysis) is 1. The van der Waals surface area contributed by atoms with Crippen molar-refractivity contribution < 1.29 is 19.0 Å². The van der Waals surface area contributed by atoms with Crippen molar-refractivity contribution in [2.24, 2.45) is 0 Å². The minimum absolute atomic E-state index is 0.265. The van der Waals surface area contributed by atoms with E-state index in [0.29, 0.717) is 26.7 Å². The summed E-state index contributed by atoms with van der Waals surface area (Å²) in [6.07, 6.45) is 5.41. The van der Waals surface area contributed by atoms with Crippen LogP contribution in [0.25, 0.3) is 0 Å². The van der Waals surface area contributed by atoms with Gasteiger partial charge in [0, 0.05) is 6.04 Å². The van der Waals surface area contributed by atoms with Crippen molar-refractivity contribution in [3.8, 4) is 0 Å². The predicted molar refractivity (Wildman–Crippen MR) is 62.7 cm³/mol. The zero-order valence-corrected chi connectivity index (χ0v) is 10.5. The molecule has 1 amide bonds. The SMILES string of the molecule is O=C(NC1CCCCC1)OC12COCN1COC2. The standard InChI is InChI=1S/C12H20N2O4/c15-11(13-10-4-2-1-3-5-10)18-12-6-16-8-14(12)9-17-7-12/h10H,1-9H2,(H,13,15). The number of hydrogen-bond acceptors (Lipinski definition) is 5. The molecule has 2 heterocycles. The summed E-state index contributed by atoms with van der Waals surface area (Å²) in [6.45, 7) is 1.73. The first kappa shape index (κ1) is 12.2. The fourth-order valence-electron chi connectivity index (χ4n) is 2.87. The van der Waals surface area contributed by atoms with E-state index in [0.717, 1.165) is 12.8 Å². The molecule has 3 fully saturated rings. The van der Waals surface area contributed by atoms with Crippen LogP contribution in [-0.2, 0) is 14.2 Å². The maximum Gasteiger partial charge on any atom is 0.409 e. The maximum absolute atomic E-state index is 11.9. The molecule has 2 saturated heterocycles. The van der Waals surface area contributed by atoms with Crippen LogP contribution in [0.3, 0.4) is 0 Å². The fourth-order valence-corrected chi connectivity index (χ4v) is 2.87. The summed E-state index contributed by atoms with van der Waals surface area (Å²) in [5.74, 6) is 0. The number of nitrogens with one attached hydrogen (secondary N) is 1. The third kappa shape index (κ3) is 2.32. The Kier molecular flexibility index (Phi) is 3.41. The third-order valence-electron chi connectivity index (χ3n) is 3.94. The molecule has 1 N–H and O–H groups in total. The Morgan fingerprint density at radius 3 is 2.50 bits per heavy atom. The van der Waals surface area contributed by atoms with Crippen molar-refractivity contribution in [3.05, 3.63) is 0 Å². The largest absolute Gasteiger partial charge is 0.422 e. The van der Waals surface area contributed by atoms with E-state index in [4.69, 9.17) is 14.2 Å². The monoisotopic (exact) mass is 256 g/mol. The molecule has 0 atom stereocenters. The van der Waals surface area contributed by atoms with Crippen LogP contribution >= 0.6 is 0 Å². The van der Waals surface area contributed by atoms with Crippen LogP contribution in [0.15, 0.2) is 0 Å². The molecule has 0 aromatic carbocycles. The van der Waals surface area contributed by atoms with Gasteiger partial charge < -0.3 is 19.5 Å². The van der Waals surface area contributed by atoms with Crippen LogP contribution in [0, 0.1) is 0 Å². The van der Waals surface area contributed by atoms with E-state index in [1.54, 1.807) is 0 Å². The number of carbonyl (C=O) groups is 1. The zero-order valence-electron chi connectivity index (χ0n) is 10.5. The van der Waals surface area contributed by atoms with Crippen LogP contribution in [0.5, 0.6) is 0 Å². The highest BCUT2D eigenvalue weighted by molar-refractivity contribution is 5.68. The van der Waals surface area contributed by atoms with Crippen molar-refractivity contribution in [2.75, 3.05) is 26.7 Å². The number of amides is 1. The molecule has 2 aliphatic heterocycles. The molecule has 102 valence electrons. The van der Waals surface area contributed by atoms with E-state index < -0.39 is 5.72 Å². The van der Waals surface area contributed by atoms with Gasteiger partial charge in [-0.1, -0.05) is 19.3 Å². The van der Waals surface area contributed by atoms with E-state index >= 15 is 0 Å². The number of hydrogen-bond donors (Lipinski definition) is 1. The van der Waals surface area contributed by atoms with Gasteiger partial charge in [-0.15, -0.1) is 0 Å². The summed E-state index contributed by atoms with van der Waals surface area (Å²) in [5, 5.41) is 2.95. The summed E-state index contributed by atoms with van der Waals surface area (Å²) in [7, 11) is 0. The maximum atomic E-state index is 11.9. The Bertz CT molecular complexity index is 307. The second-order valence-corrected chi connectivity index (χ2v) is 5.31. The topological polar surface area (TPSA) is 60.0 Å². The number of nitrogens with zero attached hydrogens (tertiary/aromatic N) is 1. The lowest BCUT2D eigenvalue weighted by Gasteiger charge is -2.29. The highest BCUT2D eigenvalue weighted by Crippen LogP contribution is 2.29. The van der Waals surface area contributed by atoms with E-state index in [2.05, 4.69) is 5.32 Å². The second kappa shape index (κ2) is 5.03. The first-order valence-electron chi connectivity index (χ1n) is 6.69. The normalized spacial score (nSPS) is 28.0. The minimum atomic E-state index is -0.696. The molecule has 0 radical (unpaired) electrons. The van der Waals surface area contributed by atoms with E-state index in [1.165, 1.54) is 19.3 Å². The molecule has 3 aliphatic rings. The van der Waals surface area contributed by atoms with Gasteiger partial charge in [-0.3, -0.25) is 0 Å². The Labute approximate surface area is 107 Å². The van der Waals surface area contributed by atoms with Gasteiger partial charge in [0.2, 0.25) is 5.72 Å². The Balaban J connectivity index is 1.53. The van der Waals surface area contributed by atoms with E-state index in [9.17, 15) is 4.79 Å². The highest BCUT2D eigenvalue weighted by atomic mass is 16.7. The quantitative estimate of drug-likeness (QED) is 0.799. The first-order valence-corrected chi connectivity index (χ1v) is 6.69. The zero-order chi connectivity index (χ0) is 12.4. The molecule has 6 heteroatoms. The van der Waals surface area contributed by atoms with Crippen molar-refractivity contribution in [3.63, 3.8) is 0 Å². The molecule has 6 nitrogen and oxygen atoms in total. The van der Waals surface area contributed by atoms with Gasteiger partial charge in [0.25, 0.3) is 0 Å². The lowest BCUT2D eigenvalue weighted by atomic mass is 9.96. The molecule has 0 spiro atoms. The number of ether oxygens (including phenoxy) is 3. The Morgan fingerprint density at radius 2 is 1.83 bits per heavy atom. The fraction of sp³-hybridized carbons (Fsp3) is 0.917. The third-order valence-corrected chi connectivity index (χ3v) is 3.94. The molecule has 1 saturated carbocycles. The number of rotatable bonds is 2. The molecular weight excluding hydrogens is 236 g/mol. The smallest absolute Gasteiger partial charge is 0.409 e. The van der Waals surface area contributed by atoms with Gasteiger partial charge in [0.15, 0.2) is 0 Å². The summed E-state index contributed by atoms with van der Waals surface area (Å²) >= 11 is 0. The van der Waals surface area contributed by atoms with Gasteiger partial charge >= 0.3 is 6.09 Å². The summed E-state index contributed by atoms with van der Waals surface area (Å²) in [5.41, 5.74) is -0.696. The first-order chi connectivity index (χ1) is 8.78. The van der Waals surface area contributed by atoms with Gasteiger partial charge in [0.1, 0.15) is 26.7 Å². The lowest BCUT2D eigenvalue weighted by Crippen LogP contribution is -2.50. The van der Waals surface area contributed by atoms with Gasteiger partial charge in [-0.05, 0) is 12.8 Å². The van der Waals surface area contributed by atoms with Gasteiger partial charge in [0.05, 0.1) is 0 Å². The molecule has 18 heavy (non-hydrogen) atoms. The molecule has 3 rings (SSSR count). The molecule has 0 bridgehead atoms. The summed E-state index contributed by atoms with van der Waals surface area (Å²) < 4.78 is 16.2.